The van der Waals surface area contributed by atoms with Crippen LogP contribution in [0.15, 0.2) is 203 Å². The van der Waals surface area contributed by atoms with Gasteiger partial charge in [-0.25, -0.2) is 4.98 Å². The molecule has 0 saturated carbocycles. The van der Waals surface area contributed by atoms with Gasteiger partial charge in [0.15, 0.2) is 11.6 Å². The van der Waals surface area contributed by atoms with Crippen LogP contribution in [0.25, 0.3) is 138 Å². The molecule has 0 spiro atoms. The molecule has 10 aromatic carbocycles. The van der Waals surface area contributed by atoms with Crippen LogP contribution in [0.1, 0.15) is 0 Å². The molecule has 6 nitrogen and oxygen atoms in total. The van der Waals surface area contributed by atoms with E-state index >= 15 is 0 Å². The Kier molecular flexibility index (Phi) is 7.02. The van der Waals surface area contributed by atoms with Gasteiger partial charge in [0.1, 0.15) is 22.3 Å². The molecule has 14 aromatic rings. The quantitative estimate of drug-likeness (QED) is 0.177. The van der Waals surface area contributed by atoms with Gasteiger partial charge in [0.05, 0.1) is 11.0 Å². The van der Waals surface area contributed by atoms with E-state index in [0.717, 1.165) is 104 Å². The lowest BCUT2D eigenvalue weighted by atomic mass is 9.97. The Morgan fingerprint density at radius 3 is 1.76 bits per heavy atom. The van der Waals surface area contributed by atoms with Gasteiger partial charge in [0.2, 0.25) is 5.95 Å². The summed E-state index contributed by atoms with van der Waals surface area (Å²) >= 11 is 0. The summed E-state index contributed by atoms with van der Waals surface area (Å²) in [5.41, 5.74) is 9.23. The number of hydrogen-bond acceptors (Lipinski definition) is 5. The summed E-state index contributed by atoms with van der Waals surface area (Å²) in [4.78, 5) is 16.1. The van der Waals surface area contributed by atoms with Crippen molar-refractivity contribution < 1.29 is 8.83 Å². The molecular formula is C57H32N4O2. The molecule has 14 rings (SSSR count). The number of furan rings is 2. The van der Waals surface area contributed by atoms with Crippen LogP contribution in [0.2, 0.25) is 0 Å². The van der Waals surface area contributed by atoms with E-state index < -0.39 is 0 Å². The Bertz CT molecular complexity index is 4230. The predicted octanol–water partition coefficient (Wildman–Crippen LogP) is 15.2. The lowest BCUT2D eigenvalue weighted by molar-refractivity contribution is 0.668. The van der Waals surface area contributed by atoms with Gasteiger partial charge in [-0.2, -0.15) is 9.97 Å². The second-order valence-corrected chi connectivity index (χ2v) is 16.3. The minimum Gasteiger partial charge on any atom is -0.456 e. The minimum atomic E-state index is 0.524. The topological polar surface area (TPSA) is 69.9 Å². The van der Waals surface area contributed by atoms with Crippen LogP contribution in [-0.2, 0) is 0 Å². The number of nitrogens with zero attached hydrogens (tertiary/aromatic N) is 4. The Hall–Kier alpha value is -8.61. The standard InChI is InChI=1S/C57H32N4O2/c1-2-13-36-30-38(21-20-33(36)10-1)55-58-56(39-22-26-44-43-16-7-8-19-48(43)63-51(44)32-39)60-57(59-55)61-47-27-23-34-11-3-5-14-40(34)52(47)45-18-9-17-42(54(45)61)37-25-28-49-46(31-37)53-41-15-6-4-12-35(41)24-29-50(53)62-49/h1-32H. The van der Waals surface area contributed by atoms with Crippen molar-refractivity contribution in [1.29, 1.82) is 0 Å². The molecule has 0 N–H and O–H groups in total. The Labute approximate surface area is 358 Å². The molecule has 0 bridgehead atoms. The zero-order valence-corrected chi connectivity index (χ0v) is 33.6. The molecule has 0 aliphatic carbocycles. The van der Waals surface area contributed by atoms with Crippen LogP contribution < -0.4 is 0 Å². The van der Waals surface area contributed by atoms with Crippen molar-refractivity contribution in [3.05, 3.63) is 194 Å². The highest BCUT2D eigenvalue weighted by Crippen LogP contribution is 2.43. The third-order valence-corrected chi connectivity index (χ3v) is 12.8. The lowest BCUT2D eigenvalue weighted by Gasteiger charge is -2.13. The Morgan fingerprint density at radius 1 is 0.333 bits per heavy atom. The first-order valence-electron chi connectivity index (χ1n) is 21.2. The van der Waals surface area contributed by atoms with Crippen LogP contribution in [0.3, 0.4) is 0 Å². The van der Waals surface area contributed by atoms with E-state index in [-0.39, 0.29) is 0 Å². The molecule has 0 fully saturated rings. The lowest BCUT2D eigenvalue weighted by Crippen LogP contribution is -2.07. The number of aromatic nitrogens is 4. The fourth-order valence-corrected chi connectivity index (χ4v) is 9.91. The molecule has 0 atom stereocenters. The largest absolute Gasteiger partial charge is 0.456 e. The molecule has 292 valence electrons. The van der Waals surface area contributed by atoms with Gasteiger partial charge in [-0.15, -0.1) is 0 Å². The SMILES string of the molecule is c1ccc2cc(-c3nc(-c4ccc5c(c4)oc4ccccc45)nc(-n4c5ccc6ccccc6c5c5cccc(-c6ccc7oc8ccc9ccccc9c8c7c6)c54)n3)ccc2c1. The highest BCUT2D eigenvalue weighted by atomic mass is 16.3. The zero-order chi connectivity index (χ0) is 41.2. The van der Waals surface area contributed by atoms with Gasteiger partial charge in [-0.1, -0.05) is 146 Å². The van der Waals surface area contributed by atoms with Crippen molar-refractivity contribution >= 4 is 98.0 Å². The van der Waals surface area contributed by atoms with E-state index in [1.54, 1.807) is 0 Å². The minimum absolute atomic E-state index is 0.524. The predicted molar refractivity (Wildman–Crippen MR) is 258 cm³/mol. The summed E-state index contributed by atoms with van der Waals surface area (Å²) in [6, 6.07) is 68.1. The van der Waals surface area contributed by atoms with Crippen molar-refractivity contribution in [2.75, 3.05) is 0 Å². The second kappa shape index (κ2) is 12.9. The molecule has 0 saturated heterocycles. The molecular weight excluding hydrogens is 773 g/mol. The molecule has 4 aromatic heterocycles. The Balaban J connectivity index is 1.08. The van der Waals surface area contributed by atoms with Gasteiger partial charge in [-0.05, 0) is 86.4 Å². The van der Waals surface area contributed by atoms with Gasteiger partial charge < -0.3 is 8.83 Å². The normalized spacial score (nSPS) is 12.1. The van der Waals surface area contributed by atoms with E-state index in [1.807, 2.05) is 18.2 Å². The molecule has 4 heterocycles. The van der Waals surface area contributed by atoms with Crippen molar-refractivity contribution in [2.24, 2.45) is 0 Å². The van der Waals surface area contributed by atoms with Crippen LogP contribution in [0.5, 0.6) is 0 Å². The highest BCUT2D eigenvalue weighted by molar-refractivity contribution is 6.24. The summed E-state index contributed by atoms with van der Waals surface area (Å²) < 4.78 is 15.1. The fourth-order valence-electron chi connectivity index (χ4n) is 9.91. The summed E-state index contributed by atoms with van der Waals surface area (Å²) in [6.07, 6.45) is 0. The number of para-hydroxylation sites is 2. The zero-order valence-electron chi connectivity index (χ0n) is 33.6. The Morgan fingerprint density at radius 2 is 0.921 bits per heavy atom. The molecule has 0 radical (unpaired) electrons. The van der Waals surface area contributed by atoms with E-state index in [9.17, 15) is 0 Å². The fraction of sp³-hybridized carbons (Fsp3) is 0. The molecule has 0 unspecified atom stereocenters. The van der Waals surface area contributed by atoms with Crippen molar-refractivity contribution in [2.45, 2.75) is 0 Å². The van der Waals surface area contributed by atoms with E-state index in [4.69, 9.17) is 23.8 Å². The summed E-state index contributed by atoms with van der Waals surface area (Å²) in [6.45, 7) is 0. The summed E-state index contributed by atoms with van der Waals surface area (Å²) in [5.74, 6) is 1.66. The smallest absolute Gasteiger partial charge is 0.238 e. The van der Waals surface area contributed by atoms with Gasteiger partial charge in [0.25, 0.3) is 0 Å². The maximum atomic E-state index is 6.47. The van der Waals surface area contributed by atoms with Gasteiger partial charge >= 0.3 is 0 Å². The first-order chi connectivity index (χ1) is 31.2. The first-order valence-corrected chi connectivity index (χ1v) is 21.2. The van der Waals surface area contributed by atoms with Crippen LogP contribution in [-0.4, -0.2) is 19.5 Å². The van der Waals surface area contributed by atoms with Crippen molar-refractivity contribution in [1.82, 2.24) is 19.5 Å². The van der Waals surface area contributed by atoms with Crippen molar-refractivity contribution in [3.8, 4) is 39.9 Å². The third kappa shape index (κ3) is 5.09. The highest BCUT2D eigenvalue weighted by Gasteiger charge is 2.23. The number of benzene rings is 10. The van der Waals surface area contributed by atoms with E-state index in [1.165, 1.54) is 16.2 Å². The maximum Gasteiger partial charge on any atom is 0.238 e. The second-order valence-electron chi connectivity index (χ2n) is 16.3. The number of rotatable bonds is 4. The van der Waals surface area contributed by atoms with E-state index in [2.05, 4.69) is 180 Å². The molecule has 6 heteroatoms. The monoisotopic (exact) mass is 804 g/mol. The molecule has 63 heavy (non-hydrogen) atoms. The molecule has 0 aliphatic heterocycles. The molecule has 0 amide bonds. The van der Waals surface area contributed by atoms with Crippen molar-refractivity contribution in [3.63, 3.8) is 0 Å². The number of hydrogen-bond donors (Lipinski definition) is 0. The number of fused-ring (bicyclic) bond motifs is 14. The molecule has 0 aliphatic rings. The van der Waals surface area contributed by atoms with E-state index in [0.29, 0.717) is 17.6 Å². The van der Waals surface area contributed by atoms with Crippen LogP contribution >= 0.6 is 0 Å². The van der Waals surface area contributed by atoms with Gasteiger partial charge in [-0.3, -0.25) is 4.57 Å². The first kappa shape index (κ1) is 34.1. The summed E-state index contributed by atoms with van der Waals surface area (Å²) in [5, 5.41) is 13.5. The van der Waals surface area contributed by atoms with Gasteiger partial charge in [0, 0.05) is 49.0 Å². The third-order valence-electron chi connectivity index (χ3n) is 12.8. The van der Waals surface area contributed by atoms with Crippen LogP contribution in [0, 0.1) is 0 Å². The average Bonchev–Trinajstić information content (AvgIpc) is 4.03. The summed E-state index contributed by atoms with van der Waals surface area (Å²) in [7, 11) is 0. The van der Waals surface area contributed by atoms with Crippen LogP contribution in [0.4, 0.5) is 0 Å². The maximum absolute atomic E-state index is 6.47. The average molecular weight is 805 g/mol.